The smallest absolute Gasteiger partial charge is 0.243 e. The lowest BCUT2D eigenvalue weighted by Crippen LogP contribution is -2.49. The van der Waals surface area contributed by atoms with Crippen molar-refractivity contribution in [2.45, 2.75) is 37.2 Å². The molecule has 1 atom stereocenters. The summed E-state index contributed by atoms with van der Waals surface area (Å²) < 4.78 is 32.4. The zero-order valence-corrected chi connectivity index (χ0v) is 13.0. The van der Waals surface area contributed by atoms with Gasteiger partial charge in [0.25, 0.3) is 0 Å². The lowest BCUT2D eigenvalue weighted by Gasteiger charge is -2.38. The molecule has 1 aliphatic rings. The van der Waals surface area contributed by atoms with E-state index in [1.807, 2.05) is 13.8 Å². The molecular formula is C14H22N2O3S. The number of rotatable bonds is 3. The van der Waals surface area contributed by atoms with Gasteiger partial charge >= 0.3 is 0 Å². The molecule has 0 bridgehead atoms. The average molecular weight is 298 g/mol. The highest BCUT2D eigenvalue weighted by Crippen LogP contribution is 2.29. The van der Waals surface area contributed by atoms with Crippen LogP contribution in [0.15, 0.2) is 23.1 Å². The SMILES string of the molecule is COC1(C)CCCN(S(=O)(=O)c2cc(C)cc(N)c2)C1. The molecule has 1 unspecified atom stereocenters. The zero-order chi connectivity index (χ0) is 15.0. The van der Waals surface area contributed by atoms with Crippen LogP contribution in [0.25, 0.3) is 0 Å². The summed E-state index contributed by atoms with van der Waals surface area (Å²) in [5, 5.41) is 0. The highest BCUT2D eigenvalue weighted by molar-refractivity contribution is 7.89. The zero-order valence-electron chi connectivity index (χ0n) is 12.2. The molecule has 20 heavy (non-hydrogen) atoms. The van der Waals surface area contributed by atoms with E-state index in [1.54, 1.807) is 19.2 Å². The van der Waals surface area contributed by atoms with Gasteiger partial charge in [-0.3, -0.25) is 0 Å². The lowest BCUT2D eigenvalue weighted by molar-refractivity contribution is -0.0319. The molecule has 0 saturated carbocycles. The highest BCUT2D eigenvalue weighted by Gasteiger charge is 2.37. The van der Waals surface area contributed by atoms with Crippen LogP contribution in [0.4, 0.5) is 5.69 Å². The summed E-state index contributed by atoms with van der Waals surface area (Å²) in [4.78, 5) is 0.260. The summed E-state index contributed by atoms with van der Waals surface area (Å²) in [6.07, 6.45) is 1.66. The number of benzene rings is 1. The largest absolute Gasteiger partial charge is 0.399 e. The molecule has 0 aliphatic carbocycles. The van der Waals surface area contributed by atoms with Crippen LogP contribution >= 0.6 is 0 Å². The van der Waals surface area contributed by atoms with E-state index in [9.17, 15) is 8.42 Å². The second kappa shape index (κ2) is 5.35. The Labute approximate surface area is 120 Å². The number of methoxy groups -OCH3 is 1. The van der Waals surface area contributed by atoms with Crippen molar-refractivity contribution in [3.8, 4) is 0 Å². The predicted octanol–water partition coefficient (Wildman–Crippen LogP) is 1.77. The number of ether oxygens (including phenoxy) is 1. The van der Waals surface area contributed by atoms with E-state index in [2.05, 4.69) is 0 Å². The first kappa shape index (κ1) is 15.3. The van der Waals surface area contributed by atoms with Crippen LogP contribution in [0.5, 0.6) is 0 Å². The topological polar surface area (TPSA) is 72.6 Å². The number of hydrogen-bond donors (Lipinski definition) is 1. The van der Waals surface area contributed by atoms with Crippen molar-refractivity contribution < 1.29 is 13.2 Å². The van der Waals surface area contributed by atoms with Crippen LogP contribution in [0.2, 0.25) is 0 Å². The van der Waals surface area contributed by atoms with Crippen LogP contribution in [0, 0.1) is 6.92 Å². The molecule has 1 saturated heterocycles. The van der Waals surface area contributed by atoms with Crippen molar-refractivity contribution in [2.75, 3.05) is 25.9 Å². The van der Waals surface area contributed by atoms with Crippen molar-refractivity contribution >= 4 is 15.7 Å². The Morgan fingerprint density at radius 1 is 1.35 bits per heavy atom. The van der Waals surface area contributed by atoms with E-state index in [-0.39, 0.29) is 4.90 Å². The number of piperidine rings is 1. The van der Waals surface area contributed by atoms with Gasteiger partial charge in [-0.2, -0.15) is 4.31 Å². The molecule has 0 spiro atoms. The van der Waals surface area contributed by atoms with Gasteiger partial charge < -0.3 is 10.5 Å². The summed E-state index contributed by atoms with van der Waals surface area (Å²) in [6, 6.07) is 4.93. The fraction of sp³-hybridized carbons (Fsp3) is 0.571. The second-order valence-electron chi connectivity index (χ2n) is 5.68. The number of anilines is 1. The van der Waals surface area contributed by atoms with Crippen molar-refractivity contribution in [3.63, 3.8) is 0 Å². The van der Waals surface area contributed by atoms with E-state index >= 15 is 0 Å². The number of nitrogens with zero attached hydrogens (tertiary/aromatic N) is 1. The third-order valence-electron chi connectivity index (χ3n) is 3.83. The third kappa shape index (κ3) is 2.97. The van der Waals surface area contributed by atoms with Gasteiger partial charge in [0, 0.05) is 25.9 Å². The minimum atomic E-state index is -3.51. The Hall–Kier alpha value is -1.11. The predicted molar refractivity (Wildman–Crippen MR) is 79.0 cm³/mol. The molecule has 112 valence electrons. The minimum Gasteiger partial charge on any atom is -0.399 e. The normalized spacial score (nSPS) is 24.8. The van der Waals surface area contributed by atoms with Gasteiger partial charge in [-0.25, -0.2) is 8.42 Å². The maximum atomic E-state index is 12.7. The number of hydrogen-bond acceptors (Lipinski definition) is 4. The first-order valence-electron chi connectivity index (χ1n) is 6.69. The van der Waals surface area contributed by atoms with Crippen LogP contribution in [0.1, 0.15) is 25.3 Å². The first-order valence-corrected chi connectivity index (χ1v) is 8.13. The summed E-state index contributed by atoms with van der Waals surface area (Å²) in [6.45, 7) is 4.68. The van der Waals surface area contributed by atoms with Crippen LogP contribution in [-0.2, 0) is 14.8 Å². The molecule has 2 rings (SSSR count). The van der Waals surface area contributed by atoms with Gasteiger partial charge in [0.15, 0.2) is 0 Å². The lowest BCUT2D eigenvalue weighted by atomic mass is 9.96. The van der Waals surface area contributed by atoms with E-state index in [0.29, 0.717) is 18.8 Å². The number of nitrogens with two attached hydrogens (primary N) is 1. The molecule has 1 aliphatic heterocycles. The number of nitrogen functional groups attached to an aromatic ring is 1. The molecule has 0 amide bonds. The maximum Gasteiger partial charge on any atom is 0.243 e. The monoisotopic (exact) mass is 298 g/mol. The van der Waals surface area contributed by atoms with E-state index < -0.39 is 15.6 Å². The van der Waals surface area contributed by atoms with E-state index in [0.717, 1.165) is 18.4 Å². The molecule has 1 heterocycles. The summed E-state index contributed by atoms with van der Waals surface area (Å²) in [5.41, 5.74) is 6.65. The van der Waals surface area contributed by atoms with E-state index in [1.165, 1.54) is 10.4 Å². The van der Waals surface area contributed by atoms with Crippen LogP contribution < -0.4 is 5.73 Å². The molecular weight excluding hydrogens is 276 g/mol. The van der Waals surface area contributed by atoms with Gasteiger partial charge in [0.05, 0.1) is 10.5 Å². The average Bonchev–Trinajstić information content (AvgIpc) is 2.37. The second-order valence-corrected chi connectivity index (χ2v) is 7.61. The Bertz CT molecular complexity index is 580. The molecule has 0 radical (unpaired) electrons. The standard InChI is InChI=1S/C14H22N2O3S/c1-11-7-12(15)9-13(8-11)20(17,18)16-6-4-5-14(2,10-16)19-3/h7-9H,4-6,10,15H2,1-3H3. The Balaban J connectivity index is 2.35. The molecule has 1 aromatic carbocycles. The maximum absolute atomic E-state index is 12.7. The Morgan fingerprint density at radius 3 is 2.65 bits per heavy atom. The minimum absolute atomic E-state index is 0.260. The number of sulfonamides is 1. The van der Waals surface area contributed by atoms with Gasteiger partial charge in [0.1, 0.15) is 0 Å². The first-order chi connectivity index (χ1) is 9.27. The number of aryl methyl sites for hydroxylation is 1. The fourth-order valence-electron chi connectivity index (χ4n) is 2.61. The molecule has 2 N–H and O–H groups in total. The molecule has 1 aromatic rings. The van der Waals surface area contributed by atoms with Gasteiger partial charge in [-0.05, 0) is 50.5 Å². The van der Waals surface area contributed by atoms with Gasteiger partial charge in [-0.1, -0.05) is 0 Å². The summed E-state index contributed by atoms with van der Waals surface area (Å²) in [7, 11) is -1.89. The highest BCUT2D eigenvalue weighted by atomic mass is 32.2. The van der Waals surface area contributed by atoms with Crippen molar-refractivity contribution in [3.05, 3.63) is 23.8 Å². The quantitative estimate of drug-likeness (QED) is 0.863. The van der Waals surface area contributed by atoms with Gasteiger partial charge in [-0.15, -0.1) is 0 Å². The van der Waals surface area contributed by atoms with Crippen LogP contribution in [-0.4, -0.2) is 38.5 Å². The van der Waals surface area contributed by atoms with Crippen LogP contribution in [0.3, 0.4) is 0 Å². The third-order valence-corrected chi connectivity index (χ3v) is 5.65. The van der Waals surface area contributed by atoms with E-state index in [4.69, 9.17) is 10.5 Å². The molecule has 5 nitrogen and oxygen atoms in total. The Kier molecular flexibility index (Phi) is 4.09. The molecule has 0 aromatic heterocycles. The van der Waals surface area contributed by atoms with Crippen molar-refractivity contribution in [1.82, 2.24) is 4.31 Å². The fourth-order valence-corrected chi connectivity index (χ4v) is 4.34. The summed E-state index contributed by atoms with van der Waals surface area (Å²) in [5.74, 6) is 0. The Morgan fingerprint density at radius 2 is 2.05 bits per heavy atom. The summed E-state index contributed by atoms with van der Waals surface area (Å²) >= 11 is 0. The molecule has 6 heteroatoms. The van der Waals surface area contributed by atoms with Crippen molar-refractivity contribution in [2.24, 2.45) is 0 Å². The van der Waals surface area contributed by atoms with Gasteiger partial charge in [0.2, 0.25) is 10.0 Å². The molecule has 1 fully saturated rings. The van der Waals surface area contributed by atoms with Crippen molar-refractivity contribution in [1.29, 1.82) is 0 Å².